The Bertz CT molecular complexity index is 615. The molecule has 0 radical (unpaired) electrons. The van der Waals surface area contributed by atoms with Crippen molar-refractivity contribution in [3.05, 3.63) is 23.2 Å². The molecule has 0 unspecified atom stereocenters. The monoisotopic (exact) mass is 305 g/mol. The van der Waals surface area contributed by atoms with Crippen LogP contribution in [0.1, 0.15) is 37.1 Å². The first kappa shape index (κ1) is 13.8. The number of nitrogens with zero attached hydrogens (tertiary/aromatic N) is 1. The molecule has 0 amide bonds. The number of aryl methyl sites for hydroxylation is 1. The molecule has 2 aromatic rings. The second kappa shape index (κ2) is 6.06. The van der Waals surface area contributed by atoms with E-state index in [1.165, 1.54) is 36.8 Å². The molecule has 1 aromatic carbocycles. The lowest BCUT2D eigenvalue weighted by Crippen LogP contribution is -2.38. The SMILES string of the molecule is Cc1nc2ccc(NC(=S)NC3CCCCC3)cc2s1. The molecule has 20 heavy (non-hydrogen) atoms. The molecule has 106 valence electrons. The van der Waals surface area contributed by atoms with E-state index in [2.05, 4.69) is 21.7 Å². The van der Waals surface area contributed by atoms with Crippen LogP contribution in [0.5, 0.6) is 0 Å². The Morgan fingerprint density at radius 2 is 2.10 bits per heavy atom. The minimum Gasteiger partial charge on any atom is -0.360 e. The molecule has 2 N–H and O–H groups in total. The van der Waals surface area contributed by atoms with Crippen LogP contribution in [0.2, 0.25) is 0 Å². The number of thiocarbonyl (C=S) groups is 1. The normalized spacial score (nSPS) is 16.2. The Morgan fingerprint density at radius 3 is 2.90 bits per heavy atom. The summed E-state index contributed by atoms with van der Waals surface area (Å²) < 4.78 is 1.20. The van der Waals surface area contributed by atoms with E-state index in [1.54, 1.807) is 11.3 Å². The summed E-state index contributed by atoms with van der Waals surface area (Å²) >= 11 is 7.12. The summed E-state index contributed by atoms with van der Waals surface area (Å²) in [5, 5.41) is 8.55. The molecule has 5 heteroatoms. The quantitative estimate of drug-likeness (QED) is 0.814. The summed E-state index contributed by atoms with van der Waals surface area (Å²) in [6.07, 6.45) is 6.45. The molecule has 1 aliphatic rings. The number of aromatic nitrogens is 1. The van der Waals surface area contributed by atoms with Crippen LogP contribution >= 0.6 is 23.6 Å². The van der Waals surface area contributed by atoms with Gasteiger partial charge in [0.2, 0.25) is 0 Å². The second-order valence-electron chi connectivity index (χ2n) is 5.35. The summed E-state index contributed by atoms with van der Waals surface area (Å²) in [6, 6.07) is 6.74. The van der Waals surface area contributed by atoms with Gasteiger partial charge in [-0.3, -0.25) is 0 Å². The molecule has 1 heterocycles. The molecule has 0 saturated heterocycles. The first-order valence-corrected chi connectivity index (χ1v) is 8.38. The maximum absolute atomic E-state index is 5.41. The van der Waals surface area contributed by atoms with Gasteiger partial charge in [0.25, 0.3) is 0 Å². The lowest BCUT2D eigenvalue weighted by Gasteiger charge is -2.24. The Labute approximate surface area is 128 Å². The van der Waals surface area contributed by atoms with E-state index in [4.69, 9.17) is 12.2 Å². The van der Waals surface area contributed by atoms with Crippen molar-refractivity contribution >= 4 is 44.6 Å². The van der Waals surface area contributed by atoms with Gasteiger partial charge in [0.1, 0.15) is 0 Å². The van der Waals surface area contributed by atoms with E-state index in [9.17, 15) is 0 Å². The molecule has 0 bridgehead atoms. The number of benzene rings is 1. The van der Waals surface area contributed by atoms with Crippen molar-refractivity contribution in [3.8, 4) is 0 Å². The fraction of sp³-hybridized carbons (Fsp3) is 0.467. The molecule has 3 nitrogen and oxygen atoms in total. The lowest BCUT2D eigenvalue weighted by atomic mass is 9.96. The molecule has 1 fully saturated rings. The van der Waals surface area contributed by atoms with Crippen molar-refractivity contribution in [2.75, 3.05) is 5.32 Å². The van der Waals surface area contributed by atoms with Gasteiger partial charge in [0, 0.05) is 11.7 Å². The summed E-state index contributed by atoms with van der Waals surface area (Å²) in [5.74, 6) is 0. The smallest absolute Gasteiger partial charge is 0.170 e. The number of fused-ring (bicyclic) bond motifs is 1. The van der Waals surface area contributed by atoms with Crippen LogP contribution in [0.3, 0.4) is 0 Å². The maximum Gasteiger partial charge on any atom is 0.170 e. The molecule has 3 rings (SSSR count). The summed E-state index contributed by atoms with van der Waals surface area (Å²) in [6.45, 7) is 2.03. The first-order valence-electron chi connectivity index (χ1n) is 7.15. The van der Waals surface area contributed by atoms with Crippen LogP contribution in [0.15, 0.2) is 18.2 Å². The number of nitrogens with one attached hydrogen (secondary N) is 2. The topological polar surface area (TPSA) is 37.0 Å². The van der Waals surface area contributed by atoms with E-state index >= 15 is 0 Å². The number of anilines is 1. The standard InChI is InChI=1S/C15H19N3S2/c1-10-16-13-8-7-12(9-14(13)20-10)18-15(19)17-11-5-3-2-4-6-11/h7-9,11H,2-6H2,1H3,(H2,17,18,19). The average Bonchev–Trinajstić information content (AvgIpc) is 2.79. The predicted octanol–water partition coefficient (Wildman–Crippen LogP) is 4.22. The summed E-state index contributed by atoms with van der Waals surface area (Å²) in [4.78, 5) is 4.47. The van der Waals surface area contributed by atoms with Gasteiger partial charge in [0.15, 0.2) is 5.11 Å². The van der Waals surface area contributed by atoms with Crippen LogP contribution < -0.4 is 10.6 Å². The highest BCUT2D eigenvalue weighted by atomic mass is 32.1. The van der Waals surface area contributed by atoms with Crippen molar-refractivity contribution in [2.45, 2.75) is 45.1 Å². The first-order chi connectivity index (χ1) is 9.70. The lowest BCUT2D eigenvalue weighted by molar-refractivity contribution is 0.415. The highest BCUT2D eigenvalue weighted by molar-refractivity contribution is 7.80. The van der Waals surface area contributed by atoms with E-state index in [0.717, 1.165) is 21.3 Å². The molecule has 1 saturated carbocycles. The Kier molecular flexibility index (Phi) is 4.17. The Hall–Kier alpha value is -1.20. The van der Waals surface area contributed by atoms with Gasteiger partial charge in [-0.2, -0.15) is 0 Å². The Balaban J connectivity index is 1.64. The summed E-state index contributed by atoms with van der Waals surface area (Å²) in [5.41, 5.74) is 2.10. The minimum atomic E-state index is 0.540. The van der Waals surface area contributed by atoms with Crippen LogP contribution in [-0.4, -0.2) is 16.1 Å². The highest BCUT2D eigenvalue weighted by Gasteiger charge is 2.14. The van der Waals surface area contributed by atoms with E-state index < -0.39 is 0 Å². The molecule has 0 atom stereocenters. The van der Waals surface area contributed by atoms with Gasteiger partial charge in [-0.05, 0) is 50.2 Å². The van der Waals surface area contributed by atoms with Crippen molar-refractivity contribution < 1.29 is 0 Å². The third-order valence-corrected chi connectivity index (χ3v) is 4.85. The van der Waals surface area contributed by atoms with Crippen LogP contribution in [0, 0.1) is 6.92 Å². The summed E-state index contributed by atoms with van der Waals surface area (Å²) in [7, 11) is 0. The number of rotatable bonds is 2. The third kappa shape index (κ3) is 3.27. The fourth-order valence-electron chi connectivity index (χ4n) is 2.72. The van der Waals surface area contributed by atoms with Gasteiger partial charge >= 0.3 is 0 Å². The molecular formula is C15H19N3S2. The van der Waals surface area contributed by atoms with E-state index in [1.807, 2.05) is 19.1 Å². The highest BCUT2D eigenvalue weighted by Crippen LogP contribution is 2.25. The third-order valence-electron chi connectivity index (χ3n) is 3.69. The van der Waals surface area contributed by atoms with Crippen molar-refractivity contribution in [1.29, 1.82) is 0 Å². The van der Waals surface area contributed by atoms with Crippen molar-refractivity contribution in [3.63, 3.8) is 0 Å². The van der Waals surface area contributed by atoms with Crippen LogP contribution in [0.4, 0.5) is 5.69 Å². The fourth-order valence-corrected chi connectivity index (χ4v) is 3.87. The largest absolute Gasteiger partial charge is 0.360 e. The minimum absolute atomic E-state index is 0.540. The van der Waals surface area contributed by atoms with Crippen LogP contribution in [-0.2, 0) is 0 Å². The van der Waals surface area contributed by atoms with Gasteiger partial charge in [-0.25, -0.2) is 4.98 Å². The van der Waals surface area contributed by atoms with Crippen LogP contribution in [0.25, 0.3) is 10.2 Å². The predicted molar refractivity (Wildman–Crippen MR) is 90.6 cm³/mol. The number of hydrogen-bond donors (Lipinski definition) is 2. The molecule has 0 spiro atoms. The molecular weight excluding hydrogens is 286 g/mol. The molecule has 0 aliphatic heterocycles. The zero-order valence-electron chi connectivity index (χ0n) is 11.6. The second-order valence-corrected chi connectivity index (χ2v) is 6.99. The van der Waals surface area contributed by atoms with E-state index in [-0.39, 0.29) is 0 Å². The molecule has 1 aromatic heterocycles. The van der Waals surface area contributed by atoms with Gasteiger partial charge in [-0.15, -0.1) is 11.3 Å². The van der Waals surface area contributed by atoms with Crippen molar-refractivity contribution in [1.82, 2.24) is 10.3 Å². The van der Waals surface area contributed by atoms with E-state index in [0.29, 0.717) is 6.04 Å². The Morgan fingerprint density at radius 1 is 1.30 bits per heavy atom. The van der Waals surface area contributed by atoms with Crippen molar-refractivity contribution in [2.24, 2.45) is 0 Å². The zero-order valence-corrected chi connectivity index (χ0v) is 13.2. The number of thiazole rings is 1. The van der Waals surface area contributed by atoms with Gasteiger partial charge < -0.3 is 10.6 Å². The van der Waals surface area contributed by atoms with Gasteiger partial charge in [-0.1, -0.05) is 19.3 Å². The molecule has 1 aliphatic carbocycles. The average molecular weight is 305 g/mol. The van der Waals surface area contributed by atoms with Gasteiger partial charge in [0.05, 0.1) is 15.2 Å². The number of hydrogen-bond acceptors (Lipinski definition) is 3. The maximum atomic E-state index is 5.41. The zero-order chi connectivity index (χ0) is 13.9.